The molecule has 2 aromatic rings. The normalized spacial score (nSPS) is 12.6. The zero-order chi connectivity index (χ0) is 13.7. The molecule has 2 rings (SSSR count). The quantitative estimate of drug-likeness (QED) is 0.883. The highest BCUT2D eigenvalue weighted by Gasteiger charge is 2.14. The average molecular weight is 280 g/mol. The molecular formula is C14H18ClN3O. The number of aryl methyl sites for hydroxylation is 1. The second-order valence-electron chi connectivity index (χ2n) is 4.54. The maximum absolute atomic E-state index is 9.54. The topological polar surface area (TPSA) is 50.9 Å². The Balaban J connectivity index is 2.07. The summed E-state index contributed by atoms with van der Waals surface area (Å²) in [4.78, 5) is 4.25. The Kier molecular flexibility index (Phi) is 4.93. The lowest BCUT2D eigenvalue weighted by Crippen LogP contribution is -2.16. The summed E-state index contributed by atoms with van der Waals surface area (Å²) in [7, 11) is 0. The maximum Gasteiger partial charge on any atom is 0.138 e. The molecule has 1 atom stereocenters. The molecule has 0 aliphatic carbocycles. The van der Waals surface area contributed by atoms with Crippen LogP contribution in [0.25, 0.3) is 0 Å². The third-order valence-electron chi connectivity index (χ3n) is 3.19. The molecule has 0 spiro atoms. The number of hydrogen-bond acceptors (Lipinski definition) is 3. The number of aromatic nitrogens is 3. The van der Waals surface area contributed by atoms with Crippen LogP contribution in [0.15, 0.2) is 30.6 Å². The molecule has 4 nitrogen and oxygen atoms in total. The molecule has 0 saturated heterocycles. The Hall–Kier alpha value is -1.39. The highest BCUT2D eigenvalue weighted by atomic mass is 35.5. The minimum Gasteiger partial charge on any atom is -0.396 e. The number of halogens is 1. The molecule has 0 amide bonds. The zero-order valence-corrected chi connectivity index (χ0v) is 11.7. The summed E-state index contributed by atoms with van der Waals surface area (Å²) < 4.78 is 1.86. The molecule has 19 heavy (non-hydrogen) atoms. The largest absolute Gasteiger partial charge is 0.396 e. The van der Waals surface area contributed by atoms with Crippen molar-refractivity contribution in [1.82, 2.24) is 14.8 Å². The lowest BCUT2D eigenvalue weighted by Gasteiger charge is -2.15. The van der Waals surface area contributed by atoms with Gasteiger partial charge >= 0.3 is 0 Å². The summed E-state index contributed by atoms with van der Waals surface area (Å²) >= 11 is 6.15. The van der Waals surface area contributed by atoms with Crippen LogP contribution in [0, 0.1) is 5.92 Å². The SMILES string of the molecule is CCn1ncnc1CC(CO)Cc1ccccc1Cl. The highest BCUT2D eigenvalue weighted by molar-refractivity contribution is 6.31. The van der Waals surface area contributed by atoms with Crippen molar-refractivity contribution in [3.8, 4) is 0 Å². The molecule has 1 aromatic heterocycles. The molecular weight excluding hydrogens is 262 g/mol. The van der Waals surface area contributed by atoms with Crippen molar-refractivity contribution < 1.29 is 5.11 Å². The van der Waals surface area contributed by atoms with Crippen molar-refractivity contribution in [3.63, 3.8) is 0 Å². The molecule has 1 N–H and O–H groups in total. The van der Waals surface area contributed by atoms with Crippen LogP contribution in [0.5, 0.6) is 0 Å². The van der Waals surface area contributed by atoms with Crippen LogP contribution in [0.4, 0.5) is 0 Å². The minimum absolute atomic E-state index is 0.106. The second-order valence-corrected chi connectivity index (χ2v) is 4.95. The van der Waals surface area contributed by atoms with E-state index in [-0.39, 0.29) is 12.5 Å². The van der Waals surface area contributed by atoms with Crippen LogP contribution in [-0.4, -0.2) is 26.5 Å². The van der Waals surface area contributed by atoms with E-state index in [1.165, 1.54) is 0 Å². The van der Waals surface area contributed by atoms with Crippen molar-refractivity contribution in [2.45, 2.75) is 26.3 Å². The van der Waals surface area contributed by atoms with Gasteiger partial charge in [-0.2, -0.15) is 5.10 Å². The number of nitrogens with zero attached hydrogens (tertiary/aromatic N) is 3. The summed E-state index contributed by atoms with van der Waals surface area (Å²) in [5.74, 6) is 1.02. The van der Waals surface area contributed by atoms with Crippen molar-refractivity contribution in [1.29, 1.82) is 0 Å². The average Bonchev–Trinajstić information content (AvgIpc) is 2.87. The van der Waals surface area contributed by atoms with Crippen molar-refractivity contribution in [2.75, 3.05) is 6.61 Å². The minimum atomic E-state index is 0.106. The number of hydrogen-bond donors (Lipinski definition) is 1. The van der Waals surface area contributed by atoms with Crippen molar-refractivity contribution in [2.24, 2.45) is 5.92 Å². The first-order valence-corrected chi connectivity index (χ1v) is 6.83. The van der Waals surface area contributed by atoms with Gasteiger partial charge in [0.05, 0.1) is 0 Å². The van der Waals surface area contributed by atoms with Crippen molar-refractivity contribution >= 4 is 11.6 Å². The van der Waals surface area contributed by atoms with Crippen LogP contribution in [0.3, 0.4) is 0 Å². The first-order chi connectivity index (χ1) is 9.24. The second kappa shape index (κ2) is 6.68. The Labute approximate surface area is 118 Å². The lowest BCUT2D eigenvalue weighted by molar-refractivity contribution is 0.222. The molecule has 1 unspecified atom stereocenters. The van der Waals surface area contributed by atoms with Gasteiger partial charge in [-0.3, -0.25) is 4.68 Å². The zero-order valence-electron chi connectivity index (χ0n) is 11.0. The molecule has 1 heterocycles. The third-order valence-corrected chi connectivity index (χ3v) is 3.56. The predicted octanol–water partition coefficient (Wildman–Crippen LogP) is 2.35. The lowest BCUT2D eigenvalue weighted by atomic mass is 9.96. The Morgan fingerprint density at radius 1 is 1.32 bits per heavy atom. The van der Waals surface area contributed by atoms with Crippen LogP contribution in [0.1, 0.15) is 18.3 Å². The van der Waals surface area contributed by atoms with Crippen molar-refractivity contribution in [3.05, 3.63) is 47.0 Å². The van der Waals surface area contributed by atoms with E-state index < -0.39 is 0 Å². The van der Waals surface area contributed by atoms with Gasteiger partial charge in [0.25, 0.3) is 0 Å². The van der Waals surface area contributed by atoms with Gasteiger partial charge in [-0.15, -0.1) is 0 Å². The van der Waals surface area contributed by atoms with Gasteiger partial charge in [-0.25, -0.2) is 4.98 Å². The van der Waals surface area contributed by atoms with Crippen LogP contribution in [-0.2, 0) is 19.4 Å². The van der Waals surface area contributed by atoms with E-state index in [1.807, 2.05) is 35.9 Å². The van der Waals surface area contributed by atoms with Gasteiger partial charge in [0, 0.05) is 24.6 Å². The monoisotopic (exact) mass is 279 g/mol. The smallest absolute Gasteiger partial charge is 0.138 e. The van der Waals surface area contributed by atoms with Gasteiger partial charge in [-0.1, -0.05) is 29.8 Å². The molecule has 0 bridgehead atoms. The van der Waals surface area contributed by atoms with E-state index in [2.05, 4.69) is 10.1 Å². The molecule has 0 fully saturated rings. The highest BCUT2D eigenvalue weighted by Crippen LogP contribution is 2.20. The number of aliphatic hydroxyl groups excluding tert-OH is 1. The van der Waals surface area contributed by atoms with E-state index in [0.717, 1.165) is 29.4 Å². The Morgan fingerprint density at radius 3 is 2.79 bits per heavy atom. The van der Waals surface area contributed by atoms with E-state index >= 15 is 0 Å². The molecule has 1 aromatic carbocycles. The van der Waals surface area contributed by atoms with Crippen LogP contribution in [0.2, 0.25) is 5.02 Å². The van der Waals surface area contributed by atoms with Gasteiger partial charge in [0.15, 0.2) is 0 Å². The number of rotatable bonds is 6. The molecule has 0 aliphatic heterocycles. The number of benzene rings is 1. The summed E-state index contributed by atoms with van der Waals surface area (Å²) in [6.07, 6.45) is 3.01. The van der Waals surface area contributed by atoms with Gasteiger partial charge in [0.2, 0.25) is 0 Å². The van der Waals surface area contributed by atoms with Crippen LogP contribution < -0.4 is 0 Å². The molecule has 5 heteroatoms. The first kappa shape index (κ1) is 14.0. The standard InChI is InChI=1S/C14H18ClN3O/c1-2-18-14(16-10-17-18)8-11(9-19)7-12-5-3-4-6-13(12)15/h3-6,10-11,19H,2,7-9H2,1H3. The number of aliphatic hydroxyl groups is 1. The maximum atomic E-state index is 9.54. The van der Waals surface area contributed by atoms with Gasteiger partial charge in [0.1, 0.15) is 12.2 Å². The van der Waals surface area contributed by atoms with E-state index in [4.69, 9.17) is 11.6 Å². The van der Waals surface area contributed by atoms with E-state index in [1.54, 1.807) is 6.33 Å². The summed E-state index contributed by atoms with van der Waals surface area (Å²) in [6.45, 7) is 2.93. The fourth-order valence-electron chi connectivity index (χ4n) is 2.14. The van der Waals surface area contributed by atoms with E-state index in [0.29, 0.717) is 6.42 Å². The van der Waals surface area contributed by atoms with Gasteiger partial charge in [-0.05, 0) is 30.9 Å². The van der Waals surface area contributed by atoms with E-state index in [9.17, 15) is 5.11 Å². The van der Waals surface area contributed by atoms with Crippen LogP contribution >= 0.6 is 11.6 Å². The Bertz CT molecular complexity index is 527. The fraction of sp³-hybridized carbons (Fsp3) is 0.429. The molecule has 0 saturated carbocycles. The predicted molar refractivity (Wildman–Crippen MR) is 75.1 cm³/mol. The third kappa shape index (κ3) is 3.55. The summed E-state index contributed by atoms with van der Waals surface area (Å²) in [5.41, 5.74) is 1.06. The first-order valence-electron chi connectivity index (χ1n) is 6.45. The molecule has 0 aliphatic rings. The molecule has 102 valence electrons. The molecule has 0 radical (unpaired) electrons. The summed E-state index contributed by atoms with van der Waals surface area (Å²) in [6, 6.07) is 7.74. The van der Waals surface area contributed by atoms with Gasteiger partial charge < -0.3 is 5.11 Å². The fourth-order valence-corrected chi connectivity index (χ4v) is 2.36. The Morgan fingerprint density at radius 2 is 2.11 bits per heavy atom. The summed E-state index contributed by atoms with van der Waals surface area (Å²) in [5, 5.41) is 14.4.